The molecule has 1 unspecified atom stereocenters. The molecule has 1 saturated carbocycles. The zero-order valence-corrected chi connectivity index (χ0v) is 12.1. The van der Waals surface area contributed by atoms with Gasteiger partial charge >= 0.3 is 0 Å². The minimum Gasteiger partial charge on any atom is -0.480 e. The van der Waals surface area contributed by atoms with E-state index in [1.165, 1.54) is 38.8 Å². The first-order chi connectivity index (χ1) is 10.2. The maximum Gasteiger partial charge on any atom is 0.241 e. The van der Waals surface area contributed by atoms with Crippen molar-refractivity contribution >= 4 is 0 Å². The third-order valence-electron chi connectivity index (χ3n) is 3.68. The van der Waals surface area contributed by atoms with Gasteiger partial charge < -0.3 is 14.6 Å². The summed E-state index contributed by atoms with van der Waals surface area (Å²) in [4.78, 5) is 8.38. The van der Waals surface area contributed by atoms with Gasteiger partial charge in [-0.25, -0.2) is 4.98 Å². The lowest BCUT2D eigenvalue weighted by molar-refractivity contribution is 0.206. The van der Waals surface area contributed by atoms with Crippen LogP contribution in [0.2, 0.25) is 0 Å². The molecule has 0 aliphatic heterocycles. The van der Waals surface area contributed by atoms with Crippen molar-refractivity contribution < 1.29 is 14.6 Å². The van der Waals surface area contributed by atoms with Crippen molar-refractivity contribution in [3.8, 4) is 11.8 Å². The van der Waals surface area contributed by atoms with Crippen molar-refractivity contribution in [1.29, 1.82) is 0 Å². The Balaban J connectivity index is 1.93. The Bertz CT molecular complexity index is 641. The molecule has 0 saturated heterocycles. The maximum absolute atomic E-state index is 10.6. The number of aliphatic hydroxyl groups excluding tert-OH is 1. The number of hydrogen-bond donors (Lipinski definition) is 1. The van der Waals surface area contributed by atoms with Crippen molar-refractivity contribution in [3.63, 3.8) is 0 Å². The van der Waals surface area contributed by atoms with Gasteiger partial charge in [-0.2, -0.15) is 4.98 Å². The van der Waals surface area contributed by atoms with Gasteiger partial charge in [0.25, 0.3) is 0 Å². The van der Waals surface area contributed by atoms with E-state index >= 15 is 0 Å². The summed E-state index contributed by atoms with van der Waals surface area (Å²) in [6.45, 7) is 0. The van der Waals surface area contributed by atoms with Gasteiger partial charge in [-0.3, -0.25) is 0 Å². The van der Waals surface area contributed by atoms with Crippen LogP contribution in [0.5, 0.6) is 11.8 Å². The fraction of sp³-hybridized carbons (Fsp3) is 0.375. The van der Waals surface area contributed by atoms with Crippen LogP contribution in [0.3, 0.4) is 0 Å². The highest BCUT2D eigenvalue weighted by Crippen LogP contribution is 2.41. The number of ether oxygens (including phenoxy) is 2. The summed E-state index contributed by atoms with van der Waals surface area (Å²) < 4.78 is 10.2. The van der Waals surface area contributed by atoms with E-state index in [1.54, 1.807) is 0 Å². The van der Waals surface area contributed by atoms with E-state index in [-0.39, 0.29) is 5.88 Å². The van der Waals surface area contributed by atoms with E-state index in [0.29, 0.717) is 17.5 Å². The van der Waals surface area contributed by atoms with Gasteiger partial charge in [0, 0.05) is 0 Å². The van der Waals surface area contributed by atoms with Crippen molar-refractivity contribution in [2.45, 2.75) is 24.9 Å². The monoisotopic (exact) mass is 286 g/mol. The number of rotatable bonds is 5. The van der Waals surface area contributed by atoms with Crippen LogP contribution in [0.25, 0.3) is 0 Å². The fourth-order valence-corrected chi connectivity index (χ4v) is 2.36. The molecule has 0 spiro atoms. The van der Waals surface area contributed by atoms with Crippen LogP contribution in [0.15, 0.2) is 30.5 Å². The first-order valence-corrected chi connectivity index (χ1v) is 6.95. The molecule has 1 heterocycles. The summed E-state index contributed by atoms with van der Waals surface area (Å²) in [6, 6.07) is 8.00. The molecule has 1 aliphatic rings. The molecule has 1 fully saturated rings. The van der Waals surface area contributed by atoms with Gasteiger partial charge in [0.15, 0.2) is 0 Å². The molecule has 110 valence electrons. The second kappa shape index (κ2) is 5.69. The summed E-state index contributed by atoms with van der Waals surface area (Å²) in [6.07, 6.45) is 3.07. The molecule has 0 amide bonds. The molecule has 3 rings (SSSR count). The molecule has 0 bridgehead atoms. The lowest BCUT2D eigenvalue weighted by Gasteiger charge is -2.14. The van der Waals surface area contributed by atoms with E-state index in [0.717, 1.165) is 5.56 Å². The average molecular weight is 286 g/mol. The van der Waals surface area contributed by atoms with E-state index in [2.05, 4.69) is 16.0 Å². The van der Waals surface area contributed by atoms with Gasteiger partial charge in [0.2, 0.25) is 11.8 Å². The van der Waals surface area contributed by atoms with Crippen LogP contribution in [-0.4, -0.2) is 29.3 Å². The topological polar surface area (TPSA) is 64.5 Å². The van der Waals surface area contributed by atoms with Gasteiger partial charge in [-0.1, -0.05) is 24.3 Å². The van der Waals surface area contributed by atoms with E-state index < -0.39 is 6.10 Å². The van der Waals surface area contributed by atoms with Crippen LogP contribution in [-0.2, 0) is 0 Å². The number of methoxy groups -OCH3 is 2. The maximum atomic E-state index is 10.6. The zero-order valence-electron chi connectivity index (χ0n) is 12.1. The van der Waals surface area contributed by atoms with Crippen LogP contribution < -0.4 is 9.47 Å². The minimum absolute atomic E-state index is 0.277. The molecule has 0 radical (unpaired) electrons. The molecule has 1 aliphatic carbocycles. The Hall–Kier alpha value is -2.14. The van der Waals surface area contributed by atoms with E-state index in [4.69, 9.17) is 9.47 Å². The van der Waals surface area contributed by atoms with Gasteiger partial charge in [0.05, 0.1) is 20.4 Å². The van der Waals surface area contributed by atoms with Crippen LogP contribution in [0.1, 0.15) is 41.7 Å². The second-order valence-electron chi connectivity index (χ2n) is 5.15. The summed E-state index contributed by atoms with van der Waals surface area (Å²) in [7, 11) is 3.01. The molecular weight excluding hydrogens is 268 g/mol. The second-order valence-corrected chi connectivity index (χ2v) is 5.15. The van der Waals surface area contributed by atoms with Crippen LogP contribution in [0, 0.1) is 0 Å². The first kappa shape index (κ1) is 13.8. The molecular formula is C16H18N2O3. The van der Waals surface area contributed by atoms with Gasteiger partial charge in [-0.05, 0) is 29.9 Å². The number of nitrogens with zero attached hydrogens (tertiary/aromatic N) is 2. The predicted molar refractivity (Wildman–Crippen MR) is 77.6 cm³/mol. The third kappa shape index (κ3) is 2.83. The summed E-state index contributed by atoms with van der Waals surface area (Å²) >= 11 is 0. The Morgan fingerprint density at radius 3 is 2.71 bits per heavy atom. The fourth-order valence-electron chi connectivity index (χ4n) is 2.36. The van der Waals surface area contributed by atoms with Gasteiger partial charge in [0.1, 0.15) is 11.8 Å². The molecule has 1 N–H and O–H groups in total. The first-order valence-electron chi connectivity index (χ1n) is 6.95. The Labute approximate surface area is 123 Å². The Morgan fingerprint density at radius 1 is 1.24 bits per heavy atom. The van der Waals surface area contributed by atoms with Crippen molar-refractivity contribution in [1.82, 2.24) is 9.97 Å². The molecule has 1 aromatic carbocycles. The summed E-state index contributed by atoms with van der Waals surface area (Å²) in [5, 5.41) is 10.6. The highest BCUT2D eigenvalue weighted by Gasteiger charge is 2.25. The summed E-state index contributed by atoms with van der Waals surface area (Å²) in [5.74, 6) is 1.27. The Morgan fingerprint density at radius 2 is 2.05 bits per heavy atom. The van der Waals surface area contributed by atoms with Gasteiger partial charge in [-0.15, -0.1) is 0 Å². The number of hydrogen-bond acceptors (Lipinski definition) is 5. The minimum atomic E-state index is -0.864. The molecule has 5 nitrogen and oxygen atoms in total. The molecule has 2 aromatic rings. The lowest BCUT2D eigenvalue weighted by atomic mass is 10.0. The normalized spacial score (nSPS) is 15.6. The molecule has 5 heteroatoms. The van der Waals surface area contributed by atoms with Crippen molar-refractivity contribution in [2.24, 2.45) is 0 Å². The SMILES string of the molecule is COc1cnc(C(O)c2cccc(C3CC3)c2)c(OC)n1. The van der Waals surface area contributed by atoms with Crippen LogP contribution in [0.4, 0.5) is 0 Å². The lowest BCUT2D eigenvalue weighted by Crippen LogP contribution is -2.07. The number of aliphatic hydroxyl groups is 1. The van der Waals surface area contributed by atoms with Crippen molar-refractivity contribution in [3.05, 3.63) is 47.3 Å². The van der Waals surface area contributed by atoms with E-state index in [1.807, 2.05) is 18.2 Å². The number of aromatic nitrogens is 2. The predicted octanol–water partition coefficient (Wildman–Crippen LogP) is 2.45. The smallest absolute Gasteiger partial charge is 0.241 e. The standard InChI is InChI=1S/C16H18N2O3/c1-20-13-9-17-14(16(18-13)21-2)15(19)12-5-3-4-11(8-12)10-6-7-10/h3-5,8-10,15,19H,6-7H2,1-2H3. The molecule has 21 heavy (non-hydrogen) atoms. The molecule has 1 aromatic heterocycles. The Kier molecular flexibility index (Phi) is 3.75. The zero-order chi connectivity index (χ0) is 14.8. The highest BCUT2D eigenvalue weighted by molar-refractivity contribution is 5.36. The third-order valence-corrected chi connectivity index (χ3v) is 3.68. The average Bonchev–Trinajstić information content (AvgIpc) is 3.38. The highest BCUT2D eigenvalue weighted by atomic mass is 16.5. The number of benzene rings is 1. The van der Waals surface area contributed by atoms with Crippen molar-refractivity contribution in [2.75, 3.05) is 14.2 Å². The summed E-state index contributed by atoms with van der Waals surface area (Å²) in [5.41, 5.74) is 2.47. The quantitative estimate of drug-likeness (QED) is 0.914. The largest absolute Gasteiger partial charge is 0.480 e. The van der Waals surface area contributed by atoms with E-state index in [9.17, 15) is 5.11 Å². The molecule has 1 atom stereocenters. The van der Waals surface area contributed by atoms with Crippen LogP contribution >= 0.6 is 0 Å².